The van der Waals surface area contributed by atoms with Crippen LogP contribution >= 0.6 is 0 Å². The van der Waals surface area contributed by atoms with Crippen LogP contribution in [0, 0.1) is 6.92 Å². The molecule has 0 aliphatic rings. The number of hydrogen-bond donors (Lipinski definition) is 0. The first-order chi connectivity index (χ1) is 18.2. The number of aryl methyl sites for hydroxylation is 1. The third-order valence-electron chi connectivity index (χ3n) is 7.51. The molecule has 2 aromatic heterocycles. The largest absolute Gasteiger partial charge is 0.316 e. The molecular weight excluding hydrogens is 448 g/mol. The summed E-state index contributed by atoms with van der Waals surface area (Å²) in [6, 6.07) is 37.2. The van der Waals surface area contributed by atoms with Gasteiger partial charge in [-0.15, -0.1) is 0 Å². The molecule has 2 heteroatoms. The van der Waals surface area contributed by atoms with Crippen molar-refractivity contribution in [3.05, 3.63) is 139 Å². The summed E-state index contributed by atoms with van der Waals surface area (Å²) in [6.45, 7) is 6.10. The molecule has 0 aliphatic heterocycles. The van der Waals surface area contributed by atoms with Gasteiger partial charge in [-0.2, -0.15) is 0 Å². The molecule has 2 heterocycles. The number of para-hydroxylation sites is 1. The number of rotatable bonds is 4. The molecule has 0 amide bonds. The number of benzene rings is 5. The van der Waals surface area contributed by atoms with E-state index in [0.29, 0.717) is 0 Å². The van der Waals surface area contributed by atoms with E-state index in [1.807, 2.05) is 12.2 Å². The highest BCUT2D eigenvalue weighted by Crippen LogP contribution is 2.37. The summed E-state index contributed by atoms with van der Waals surface area (Å²) >= 11 is 0. The van der Waals surface area contributed by atoms with Gasteiger partial charge in [0.1, 0.15) is 0 Å². The summed E-state index contributed by atoms with van der Waals surface area (Å²) < 4.78 is 4.68. The van der Waals surface area contributed by atoms with Gasteiger partial charge < -0.3 is 9.13 Å². The Bertz CT molecular complexity index is 2000. The molecule has 0 N–H and O–H groups in total. The second kappa shape index (κ2) is 8.39. The number of fused-ring (bicyclic) bond motifs is 6. The molecule has 0 saturated carbocycles. The summed E-state index contributed by atoms with van der Waals surface area (Å²) in [5, 5.41) is 7.60. The second-order valence-electron chi connectivity index (χ2n) is 9.55. The van der Waals surface area contributed by atoms with E-state index in [4.69, 9.17) is 0 Å². The fourth-order valence-electron chi connectivity index (χ4n) is 5.75. The van der Waals surface area contributed by atoms with Gasteiger partial charge in [-0.05, 0) is 76.5 Å². The molecule has 176 valence electrons. The van der Waals surface area contributed by atoms with Crippen LogP contribution < -0.4 is 0 Å². The van der Waals surface area contributed by atoms with Crippen molar-refractivity contribution in [1.29, 1.82) is 0 Å². The lowest BCUT2D eigenvalue weighted by atomic mass is 10.0. The molecule has 5 aromatic carbocycles. The van der Waals surface area contributed by atoms with Crippen LogP contribution in [-0.2, 0) is 0 Å². The van der Waals surface area contributed by atoms with Gasteiger partial charge in [0.25, 0.3) is 0 Å². The van der Waals surface area contributed by atoms with E-state index in [-0.39, 0.29) is 0 Å². The Morgan fingerprint density at radius 1 is 0.649 bits per heavy atom. The number of aromatic nitrogens is 2. The summed E-state index contributed by atoms with van der Waals surface area (Å²) in [5.41, 5.74) is 7.20. The summed E-state index contributed by atoms with van der Waals surface area (Å²) in [7, 11) is 0. The Balaban J connectivity index is 1.49. The number of allylic oxidation sites excluding steroid dienone is 2. The van der Waals surface area contributed by atoms with Crippen molar-refractivity contribution in [3.8, 4) is 11.4 Å². The van der Waals surface area contributed by atoms with E-state index in [0.717, 1.165) is 5.69 Å². The highest BCUT2D eigenvalue weighted by molar-refractivity contribution is 6.10. The van der Waals surface area contributed by atoms with Crippen LogP contribution in [0.1, 0.15) is 11.3 Å². The van der Waals surface area contributed by atoms with Crippen molar-refractivity contribution in [2.45, 2.75) is 6.92 Å². The summed E-state index contributed by atoms with van der Waals surface area (Å²) in [5.74, 6) is 0. The number of hydrogen-bond acceptors (Lipinski definition) is 0. The topological polar surface area (TPSA) is 9.86 Å². The van der Waals surface area contributed by atoms with Crippen molar-refractivity contribution >= 4 is 49.4 Å². The molecule has 0 atom stereocenters. The van der Waals surface area contributed by atoms with E-state index in [1.165, 1.54) is 60.3 Å². The van der Waals surface area contributed by atoms with Gasteiger partial charge in [-0.3, -0.25) is 0 Å². The molecule has 2 nitrogen and oxygen atoms in total. The molecule has 0 aliphatic carbocycles. The van der Waals surface area contributed by atoms with Crippen molar-refractivity contribution < 1.29 is 0 Å². The average Bonchev–Trinajstić information content (AvgIpc) is 3.51. The van der Waals surface area contributed by atoms with E-state index in [9.17, 15) is 0 Å². The minimum absolute atomic E-state index is 1.15. The first-order valence-corrected chi connectivity index (χ1v) is 12.7. The second-order valence-corrected chi connectivity index (χ2v) is 9.55. The van der Waals surface area contributed by atoms with Gasteiger partial charge in [0.05, 0.1) is 11.0 Å². The maximum atomic E-state index is 3.89. The molecule has 7 rings (SSSR count). The predicted molar refractivity (Wildman–Crippen MR) is 159 cm³/mol. The maximum absolute atomic E-state index is 3.89. The molecular formula is C35H26N2. The highest BCUT2D eigenvalue weighted by atomic mass is 15.0. The van der Waals surface area contributed by atoms with Gasteiger partial charge >= 0.3 is 0 Å². The lowest BCUT2D eigenvalue weighted by Crippen LogP contribution is -1.97. The van der Waals surface area contributed by atoms with Crippen LogP contribution in [-0.4, -0.2) is 9.13 Å². The monoisotopic (exact) mass is 474 g/mol. The highest BCUT2D eigenvalue weighted by Gasteiger charge is 2.18. The van der Waals surface area contributed by atoms with Crippen LogP contribution in [0.3, 0.4) is 0 Å². The van der Waals surface area contributed by atoms with Crippen LogP contribution in [0.15, 0.2) is 128 Å². The minimum Gasteiger partial charge on any atom is -0.316 e. The Labute approximate surface area is 216 Å². The Hall–Kier alpha value is -4.82. The standard InChI is InChI=1S/C35H26N2/c1-3-4-14-33-24(2)29-19-20-34-32(35(29)37(33)27-11-6-5-7-12-27)21-22-36(34)28-17-18-31-26(23-28)16-15-25-10-8-9-13-30(25)31/h3-23H,1H2,2H3/b14-4-. The molecule has 0 unspecified atom stereocenters. The van der Waals surface area contributed by atoms with E-state index in [2.05, 4.69) is 138 Å². The molecule has 0 radical (unpaired) electrons. The first-order valence-electron chi connectivity index (χ1n) is 12.7. The van der Waals surface area contributed by atoms with Gasteiger partial charge in [0.15, 0.2) is 0 Å². The fourth-order valence-corrected chi connectivity index (χ4v) is 5.75. The normalized spacial score (nSPS) is 11.9. The summed E-state index contributed by atoms with van der Waals surface area (Å²) in [4.78, 5) is 0. The molecule has 7 aromatic rings. The zero-order chi connectivity index (χ0) is 24.9. The van der Waals surface area contributed by atoms with Gasteiger partial charge in [-0.1, -0.05) is 85.5 Å². The van der Waals surface area contributed by atoms with E-state index < -0.39 is 0 Å². The number of nitrogens with zero attached hydrogens (tertiary/aromatic N) is 2. The van der Waals surface area contributed by atoms with Gasteiger partial charge in [0.2, 0.25) is 0 Å². The SMILES string of the molecule is C=C/C=C\c1c(C)c2ccc3c(ccn3-c3ccc4c(ccc5ccccc54)c3)c2n1-c1ccccc1. The lowest BCUT2D eigenvalue weighted by molar-refractivity contribution is 1.10. The Morgan fingerprint density at radius 3 is 2.27 bits per heavy atom. The smallest absolute Gasteiger partial charge is 0.0631 e. The van der Waals surface area contributed by atoms with Crippen LogP contribution in [0.5, 0.6) is 0 Å². The summed E-state index contributed by atoms with van der Waals surface area (Å²) in [6.07, 6.45) is 8.21. The Morgan fingerprint density at radius 2 is 1.41 bits per heavy atom. The first kappa shape index (κ1) is 21.5. The molecule has 0 spiro atoms. The molecule has 0 bridgehead atoms. The quantitative estimate of drug-likeness (QED) is 0.178. The molecule has 0 saturated heterocycles. The van der Waals surface area contributed by atoms with Crippen molar-refractivity contribution in [2.75, 3.05) is 0 Å². The minimum atomic E-state index is 1.15. The van der Waals surface area contributed by atoms with E-state index >= 15 is 0 Å². The zero-order valence-corrected chi connectivity index (χ0v) is 20.7. The molecule has 0 fully saturated rings. The van der Waals surface area contributed by atoms with Crippen molar-refractivity contribution in [1.82, 2.24) is 9.13 Å². The third kappa shape index (κ3) is 3.26. The van der Waals surface area contributed by atoms with Crippen LogP contribution in [0.4, 0.5) is 0 Å². The Kier molecular flexibility index (Phi) is 4.87. The average molecular weight is 475 g/mol. The predicted octanol–water partition coefficient (Wildman–Crippen LogP) is 9.39. The zero-order valence-electron chi connectivity index (χ0n) is 20.7. The van der Waals surface area contributed by atoms with Crippen LogP contribution in [0.25, 0.3) is 60.8 Å². The molecule has 37 heavy (non-hydrogen) atoms. The van der Waals surface area contributed by atoms with Crippen LogP contribution in [0.2, 0.25) is 0 Å². The van der Waals surface area contributed by atoms with Gasteiger partial charge in [-0.25, -0.2) is 0 Å². The third-order valence-corrected chi connectivity index (χ3v) is 7.51. The fraction of sp³-hybridized carbons (Fsp3) is 0.0286. The van der Waals surface area contributed by atoms with Crippen molar-refractivity contribution in [3.63, 3.8) is 0 Å². The maximum Gasteiger partial charge on any atom is 0.0631 e. The van der Waals surface area contributed by atoms with Gasteiger partial charge in [0, 0.05) is 34.0 Å². The lowest BCUT2D eigenvalue weighted by Gasteiger charge is -2.11. The van der Waals surface area contributed by atoms with E-state index in [1.54, 1.807) is 0 Å². The van der Waals surface area contributed by atoms with Crippen molar-refractivity contribution in [2.24, 2.45) is 0 Å².